The highest BCUT2D eigenvalue weighted by Crippen LogP contribution is 2.39. The number of nitrogens with zero attached hydrogens (tertiary/aromatic N) is 4. The average Bonchev–Trinajstić information content (AvgIpc) is 3.73. The number of alkyl halides is 1. The Labute approximate surface area is 393 Å². The number of aliphatic hydroxyl groups is 2. The molecule has 2 aliphatic heterocycles. The van der Waals surface area contributed by atoms with Gasteiger partial charge in [0.2, 0.25) is 11.8 Å². The summed E-state index contributed by atoms with van der Waals surface area (Å²) < 4.78 is 53.3. The van der Waals surface area contributed by atoms with Gasteiger partial charge in [0, 0.05) is 42.1 Å². The van der Waals surface area contributed by atoms with Crippen LogP contribution >= 0.6 is 0 Å². The molecule has 1 aromatic carbocycles. The predicted molar refractivity (Wildman–Crippen MR) is 246 cm³/mol. The lowest BCUT2D eigenvalue weighted by atomic mass is 9.73. The van der Waals surface area contributed by atoms with Gasteiger partial charge in [0.1, 0.15) is 23.7 Å². The molecule has 2 aliphatic rings. The summed E-state index contributed by atoms with van der Waals surface area (Å²) >= 11 is 0. The van der Waals surface area contributed by atoms with Crippen molar-refractivity contribution in [3.63, 3.8) is 0 Å². The van der Waals surface area contributed by atoms with Gasteiger partial charge in [-0.1, -0.05) is 52.8 Å². The summed E-state index contributed by atoms with van der Waals surface area (Å²) in [6.45, 7) is 16.0. The molecule has 4 rings (SSSR count). The zero-order chi connectivity index (χ0) is 50.2. The number of ketones is 1. The van der Waals surface area contributed by atoms with Crippen LogP contribution in [0.1, 0.15) is 114 Å². The van der Waals surface area contributed by atoms with E-state index in [0.29, 0.717) is 41.4 Å². The molecule has 13 atom stereocenters. The number of benzene rings is 1. The lowest BCUT2D eigenvalue weighted by Crippen LogP contribution is -2.61. The molecule has 0 saturated carbocycles. The average molecular weight is 946 g/mol. The first-order valence-corrected chi connectivity index (χ1v) is 23.0. The van der Waals surface area contributed by atoms with E-state index in [1.165, 1.54) is 34.0 Å². The molecule has 2 aromatic rings. The third kappa shape index (κ3) is 13.5. The largest absolute Gasteiger partial charge is 0.457 e. The fourth-order valence-corrected chi connectivity index (χ4v) is 9.05. The molecule has 2 fully saturated rings. The lowest BCUT2D eigenvalue weighted by Gasteiger charge is -2.47. The fraction of sp³-hybridized carbons (Fsp3) is 0.688. The van der Waals surface area contributed by atoms with Crippen molar-refractivity contribution in [3.05, 3.63) is 36.2 Å². The van der Waals surface area contributed by atoms with Crippen molar-refractivity contribution < 1.29 is 66.7 Å². The molecule has 2 saturated heterocycles. The van der Waals surface area contributed by atoms with Gasteiger partial charge in [0.05, 0.1) is 42.3 Å². The van der Waals surface area contributed by atoms with Gasteiger partial charge in [0.25, 0.3) is 5.67 Å². The van der Waals surface area contributed by atoms with Crippen LogP contribution in [0.25, 0.3) is 11.5 Å². The highest BCUT2D eigenvalue weighted by molar-refractivity contribution is 6.08. The van der Waals surface area contributed by atoms with Crippen LogP contribution < -0.4 is 5.73 Å². The topological polar surface area (TPSA) is 244 Å². The number of aliphatic imine (C=N–C) groups is 1. The summed E-state index contributed by atoms with van der Waals surface area (Å²) in [7, 11) is 3.59. The first-order valence-electron chi connectivity index (χ1n) is 23.0. The number of carbonyl (C=O) groups is 4. The number of likely N-dealkylation sites (N-methyl/N-ethyl adjacent to an activating group) is 1. The van der Waals surface area contributed by atoms with Gasteiger partial charge < -0.3 is 53.8 Å². The van der Waals surface area contributed by atoms with Gasteiger partial charge in [-0.2, -0.15) is 0 Å². The second-order valence-corrected chi connectivity index (χ2v) is 18.7. The minimum atomic E-state index is -3.32. The summed E-state index contributed by atoms with van der Waals surface area (Å²) in [6.07, 6.45) is -5.35. The molecule has 0 bridgehead atoms. The number of rotatable bonds is 14. The number of hydrogen-bond donors (Lipinski definition) is 3. The molecule has 1 aromatic heterocycles. The van der Waals surface area contributed by atoms with E-state index in [0.717, 1.165) is 6.92 Å². The van der Waals surface area contributed by atoms with E-state index in [-0.39, 0.29) is 38.2 Å². The smallest absolute Gasteiger partial charge is 0.351 e. The van der Waals surface area contributed by atoms with Crippen LogP contribution in [0, 0.1) is 17.8 Å². The number of aromatic nitrogens is 1. The Bertz CT molecular complexity index is 2090. The first kappa shape index (κ1) is 54.9. The molecule has 0 radical (unpaired) electrons. The number of nitrogens with two attached hydrogens (primary N) is 1. The van der Waals surface area contributed by atoms with E-state index in [1.54, 1.807) is 73.0 Å². The van der Waals surface area contributed by atoms with Crippen molar-refractivity contribution >= 4 is 40.7 Å². The van der Waals surface area contributed by atoms with Crippen molar-refractivity contribution in [1.82, 2.24) is 9.88 Å². The Morgan fingerprint density at radius 2 is 1.72 bits per heavy atom. The predicted octanol–water partition coefficient (Wildman–Crippen LogP) is 5.78. The van der Waals surface area contributed by atoms with Gasteiger partial charge in [-0.05, 0) is 91.6 Å². The van der Waals surface area contributed by atoms with E-state index < -0.39 is 101 Å². The number of amides is 1. The summed E-state index contributed by atoms with van der Waals surface area (Å²) in [4.78, 5) is 70.5. The molecule has 1 amide bonds. The SMILES string of the molecule is CCC(=O)N=C1[C@H](C)C[C@@](C)(O)[C@H](O[C@@H]2O[C@H](C)C[C@H](N(C)C)[C@H]2OC(C)=O)[C@@H](C)C(=O)[C@](C)(F)C(=O)O[C@H](CC)[C@@](C)(O)[C@H](OC/C(CC)=N\OCc2coc(-c3cccc(N)c3)n2)[C@H]1C. The molecule has 0 spiro atoms. The van der Waals surface area contributed by atoms with Crippen LogP contribution in [0.2, 0.25) is 0 Å². The number of anilines is 1. The number of nitrogen functional groups attached to an aromatic ring is 1. The van der Waals surface area contributed by atoms with Gasteiger partial charge in [-0.3, -0.25) is 14.4 Å². The summed E-state index contributed by atoms with van der Waals surface area (Å²) in [5, 5.41) is 29.4. The highest BCUT2D eigenvalue weighted by atomic mass is 19.1. The molecule has 3 heterocycles. The van der Waals surface area contributed by atoms with Gasteiger partial charge in [-0.15, -0.1) is 0 Å². The van der Waals surface area contributed by atoms with Crippen LogP contribution in [-0.2, 0) is 54.3 Å². The van der Waals surface area contributed by atoms with Gasteiger partial charge in [-0.25, -0.2) is 19.2 Å². The fourth-order valence-electron chi connectivity index (χ4n) is 9.05. The zero-order valence-corrected chi connectivity index (χ0v) is 41.2. The normalized spacial score (nSPS) is 34.4. The maximum Gasteiger partial charge on any atom is 0.351 e. The number of ether oxygens (including phenoxy) is 5. The van der Waals surface area contributed by atoms with E-state index in [2.05, 4.69) is 15.1 Å². The number of halogens is 1. The number of oxazole rings is 1. The van der Waals surface area contributed by atoms with Crippen molar-refractivity contribution in [2.75, 3.05) is 26.4 Å². The number of Topliss-reactive ketones (excluding diaryl/α,β-unsaturated/α-hetero) is 1. The Kier molecular flexibility index (Phi) is 18.9. The minimum Gasteiger partial charge on any atom is -0.457 e. The van der Waals surface area contributed by atoms with E-state index in [1.807, 2.05) is 11.8 Å². The lowest BCUT2D eigenvalue weighted by molar-refractivity contribution is -0.295. The quantitative estimate of drug-likeness (QED) is 0.0668. The molecular weight excluding hydrogens is 874 g/mol. The van der Waals surface area contributed by atoms with E-state index in [4.69, 9.17) is 38.7 Å². The molecule has 0 unspecified atom stereocenters. The van der Waals surface area contributed by atoms with Gasteiger partial charge >= 0.3 is 11.9 Å². The standard InChI is InChI=1S/C48H72FN5O13/c1-14-33(53-63-25-34-24-62-43(51-34)31-18-17-19-32(50)21-31)23-61-42-28(6)38(52-37(56)16-3)26(4)22-46(9,59)41(67-44-39(65-30(8)55)35(54(12)13)20-27(5)64-44)29(7)40(57)47(10,49)45(58)66-36(15-2)48(42,11)60/h17-19,21,24,26-29,35-36,39,41-42,44,59-60H,14-16,20,22-23,25,50H2,1-13H3/b52-38?,53-33-/t26-,27-,28+,29+,35+,36-,39-,41-,42-,44+,46-,47+,48-/m1/s1. The van der Waals surface area contributed by atoms with Crippen LogP contribution in [0.5, 0.6) is 0 Å². The molecule has 374 valence electrons. The minimum absolute atomic E-state index is 0.0149. The van der Waals surface area contributed by atoms with Gasteiger partial charge in [0.15, 0.2) is 24.8 Å². The van der Waals surface area contributed by atoms with Crippen molar-refractivity contribution in [2.24, 2.45) is 27.9 Å². The van der Waals surface area contributed by atoms with Crippen molar-refractivity contribution in [3.8, 4) is 11.5 Å². The molecular formula is C48H72FN5O13. The number of hydrogen-bond acceptors (Lipinski definition) is 17. The second kappa shape index (κ2) is 23.1. The molecule has 67 heavy (non-hydrogen) atoms. The maximum absolute atomic E-state index is 17.0. The zero-order valence-electron chi connectivity index (χ0n) is 41.2. The molecule has 0 aliphatic carbocycles. The summed E-state index contributed by atoms with van der Waals surface area (Å²) in [5.41, 5.74) is 0.692. The van der Waals surface area contributed by atoms with Crippen LogP contribution in [0.15, 0.2) is 45.1 Å². The Morgan fingerprint density at radius 3 is 2.31 bits per heavy atom. The van der Waals surface area contributed by atoms with Crippen molar-refractivity contribution in [2.45, 2.75) is 175 Å². The van der Waals surface area contributed by atoms with Crippen LogP contribution in [-0.4, -0.2) is 136 Å². The Balaban J connectivity index is 1.77. The number of carbonyl (C=O) groups excluding carboxylic acids is 4. The van der Waals surface area contributed by atoms with E-state index in [9.17, 15) is 29.4 Å². The van der Waals surface area contributed by atoms with Crippen LogP contribution in [0.3, 0.4) is 0 Å². The monoisotopic (exact) mass is 946 g/mol. The second-order valence-electron chi connectivity index (χ2n) is 18.7. The van der Waals surface area contributed by atoms with Crippen LogP contribution in [0.4, 0.5) is 10.1 Å². The van der Waals surface area contributed by atoms with E-state index >= 15 is 4.39 Å². The Hall–Kier alpha value is -4.66. The van der Waals surface area contributed by atoms with Crippen molar-refractivity contribution in [1.29, 1.82) is 0 Å². The summed E-state index contributed by atoms with van der Waals surface area (Å²) in [5.74, 6) is -6.98. The highest BCUT2D eigenvalue weighted by Gasteiger charge is 2.56. The number of esters is 2. The first-order chi connectivity index (χ1) is 31.3. The number of cyclic esters (lactones) is 1. The molecule has 18 nitrogen and oxygen atoms in total. The third-order valence-corrected chi connectivity index (χ3v) is 12.6. The Morgan fingerprint density at radius 1 is 1.03 bits per heavy atom. The number of oxime groups is 1. The maximum atomic E-state index is 17.0. The molecule has 19 heteroatoms. The summed E-state index contributed by atoms with van der Waals surface area (Å²) in [6, 6.07) is 6.63. The third-order valence-electron chi connectivity index (χ3n) is 12.6. The molecule has 4 N–H and O–H groups in total.